The molecule has 0 radical (unpaired) electrons. The zero-order valence-electron chi connectivity index (χ0n) is 17.4. The quantitative estimate of drug-likeness (QED) is 0.336. The number of aliphatic hydroxyl groups excluding tert-OH is 1. The molecule has 1 aromatic heterocycles. The Morgan fingerprint density at radius 3 is 2.48 bits per heavy atom. The van der Waals surface area contributed by atoms with Crippen molar-refractivity contribution in [2.24, 2.45) is 0 Å². The highest BCUT2D eigenvalue weighted by atomic mass is 16.6. The van der Waals surface area contributed by atoms with Gasteiger partial charge in [-0.1, -0.05) is 30.4 Å². The van der Waals surface area contributed by atoms with Gasteiger partial charge in [0.2, 0.25) is 0 Å². The number of nitro benzene ring substituents is 1. The number of phenols is 1. The lowest BCUT2D eigenvalue weighted by Gasteiger charge is -2.17. The zero-order chi connectivity index (χ0) is 23.5. The number of phenolic OH excluding ortho intramolecular Hbond substituents is 1. The van der Waals surface area contributed by atoms with Crippen LogP contribution < -0.4 is 0 Å². The number of aromatic nitrogens is 3. The summed E-state index contributed by atoms with van der Waals surface area (Å²) in [6.07, 6.45) is 5.47. The molecule has 0 amide bonds. The molecule has 1 aliphatic rings. The minimum Gasteiger partial charge on any atom is -0.512 e. The number of hydrogen-bond acceptors (Lipinski definition) is 9. The summed E-state index contributed by atoms with van der Waals surface area (Å²) in [5.41, 5.74) is 0.293. The van der Waals surface area contributed by atoms with Crippen LogP contribution in [0, 0.1) is 10.1 Å². The molecule has 0 saturated heterocycles. The van der Waals surface area contributed by atoms with Crippen LogP contribution in [-0.2, 0) is 4.74 Å². The van der Waals surface area contributed by atoms with E-state index in [9.17, 15) is 25.1 Å². The number of benzene rings is 2. The van der Waals surface area contributed by atoms with E-state index in [1.807, 2.05) is 6.08 Å². The molecule has 0 fully saturated rings. The van der Waals surface area contributed by atoms with Gasteiger partial charge in [-0.05, 0) is 30.7 Å². The third-order valence-corrected chi connectivity index (χ3v) is 5.10. The molecule has 1 aliphatic carbocycles. The van der Waals surface area contributed by atoms with Crippen molar-refractivity contribution in [3.63, 3.8) is 0 Å². The maximum absolute atomic E-state index is 11.7. The van der Waals surface area contributed by atoms with Crippen LogP contribution >= 0.6 is 0 Å². The summed E-state index contributed by atoms with van der Waals surface area (Å²) in [5, 5.41) is 32.4. The molecule has 0 bridgehead atoms. The van der Waals surface area contributed by atoms with Gasteiger partial charge in [0.1, 0.15) is 22.9 Å². The van der Waals surface area contributed by atoms with Crippen LogP contribution in [0.5, 0.6) is 5.75 Å². The number of esters is 1. The molecule has 1 unspecified atom stereocenters. The Labute approximate surface area is 187 Å². The van der Waals surface area contributed by atoms with Crippen LogP contribution in [0.1, 0.15) is 28.5 Å². The maximum atomic E-state index is 11.7. The Morgan fingerprint density at radius 1 is 1.09 bits per heavy atom. The number of carbonyl (C=O) groups is 1. The highest BCUT2D eigenvalue weighted by molar-refractivity contribution is 5.89. The van der Waals surface area contributed by atoms with Gasteiger partial charge in [-0.15, -0.1) is 0 Å². The number of nitro groups is 1. The van der Waals surface area contributed by atoms with Crippen LogP contribution in [-0.4, -0.2) is 43.2 Å². The molecule has 0 spiro atoms. The highest BCUT2D eigenvalue weighted by Gasteiger charge is 2.27. The van der Waals surface area contributed by atoms with Crippen molar-refractivity contribution in [1.82, 2.24) is 15.0 Å². The van der Waals surface area contributed by atoms with Gasteiger partial charge in [0, 0.05) is 11.6 Å². The van der Waals surface area contributed by atoms with Crippen molar-refractivity contribution >= 4 is 11.7 Å². The number of nitrogens with zero attached hydrogens (tertiary/aromatic N) is 4. The lowest BCUT2D eigenvalue weighted by Crippen LogP contribution is -2.12. The zero-order valence-corrected chi connectivity index (χ0v) is 17.4. The lowest BCUT2D eigenvalue weighted by atomic mass is 9.97. The molecule has 3 aromatic rings. The van der Waals surface area contributed by atoms with E-state index < -0.39 is 16.8 Å². The summed E-state index contributed by atoms with van der Waals surface area (Å²) in [6, 6.07) is 10.2. The van der Waals surface area contributed by atoms with Gasteiger partial charge in [-0.25, -0.2) is 19.7 Å². The summed E-state index contributed by atoms with van der Waals surface area (Å²) in [7, 11) is 1.28. The van der Waals surface area contributed by atoms with Gasteiger partial charge in [0.05, 0.1) is 23.5 Å². The summed E-state index contributed by atoms with van der Waals surface area (Å²) < 4.78 is 4.71. The summed E-state index contributed by atoms with van der Waals surface area (Å²) in [5.74, 6) is -1.19. The van der Waals surface area contributed by atoms with Gasteiger partial charge in [-0.3, -0.25) is 10.1 Å². The number of aromatic hydroxyl groups is 1. The fourth-order valence-corrected chi connectivity index (χ4v) is 3.43. The fourth-order valence-electron chi connectivity index (χ4n) is 3.43. The van der Waals surface area contributed by atoms with E-state index >= 15 is 0 Å². The van der Waals surface area contributed by atoms with Crippen molar-refractivity contribution in [2.75, 3.05) is 7.11 Å². The summed E-state index contributed by atoms with van der Waals surface area (Å²) in [6.45, 7) is 0. The van der Waals surface area contributed by atoms with Crippen LogP contribution in [0.15, 0.2) is 66.5 Å². The van der Waals surface area contributed by atoms with Crippen LogP contribution in [0.2, 0.25) is 0 Å². The lowest BCUT2D eigenvalue weighted by molar-refractivity contribution is -0.384. The minimum absolute atomic E-state index is 0.0356. The average molecular weight is 446 g/mol. The molecule has 4 rings (SSSR count). The number of methoxy groups -OCH3 is 1. The third kappa shape index (κ3) is 4.26. The monoisotopic (exact) mass is 446 g/mol. The number of aliphatic hydroxyl groups is 1. The van der Waals surface area contributed by atoms with E-state index in [1.54, 1.807) is 18.2 Å². The molecule has 10 heteroatoms. The van der Waals surface area contributed by atoms with Crippen LogP contribution in [0.4, 0.5) is 5.69 Å². The van der Waals surface area contributed by atoms with Crippen molar-refractivity contribution < 1.29 is 24.7 Å². The molecule has 0 saturated carbocycles. The molecule has 33 heavy (non-hydrogen) atoms. The molecule has 1 heterocycles. The van der Waals surface area contributed by atoms with E-state index in [4.69, 9.17) is 4.74 Å². The number of allylic oxidation sites excluding steroid dienone is 4. The molecule has 166 valence electrons. The van der Waals surface area contributed by atoms with Crippen molar-refractivity contribution in [3.8, 4) is 28.5 Å². The first-order valence-electron chi connectivity index (χ1n) is 9.86. The third-order valence-electron chi connectivity index (χ3n) is 5.10. The first kappa shape index (κ1) is 21.6. The minimum atomic E-state index is -0.635. The first-order chi connectivity index (χ1) is 15.9. The summed E-state index contributed by atoms with van der Waals surface area (Å²) >= 11 is 0. The Morgan fingerprint density at radius 2 is 1.82 bits per heavy atom. The van der Waals surface area contributed by atoms with E-state index in [2.05, 4.69) is 15.0 Å². The molecular weight excluding hydrogens is 428 g/mol. The standard InChI is InChI=1S/C23H18N4O6/c1-33-23(30)14-11-9-13(10-12-14)20-24-21(15-5-2-3-7-17(15)28)26-22(25-20)19-16(27(31)32)6-4-8-18(19)29/h2-4,6-12,15,28-29H,5H2,1H3. The number of carbonyl (C=O) groups excluding carboxylic acids is 1. The average Bonchev–Trinajstić information content (AvgIpc) is 2.83. The van der Waals surface area contributed by atoms with Gasteiger partial charge < -0.3 is 14.9 Å². The van der Waals surface area contributed by atoms with E-state index in [0.717, 1.165) is 0 Å². The molecule has 2 aromatic carbocycles. The Balaban J connectivity index is 1.91. The smallest absolute Gasteiger partial charge is 0.337 e. The maximum Gasteiger partial charge on any atom is 0.337 e. The Bertz CT molecular complexity index is 1300. The summed E-state index contributed by atoms with van der Waals surface area (Å²) in [4.78, 5) is 35.9. The van der Waals surface area contributed by atoms with Crippen molar-refractivity contribution in [1.29, 1.82) is 0 Å². The topological polar surface area (TPSA) is 149 Å². The number of hydrogen-bond donors (Lipinski definition) is 2. The molecule has 2 N–H and O–H groups in total. The predicted molar refractivity (Wildman–Crippen MR) is 118 cm³/mol. The van der Waals surface area contributed by atoms with Crippen LogP contribution in [0.25, 0.3) is 22.8 Å². The van der Waals surface area contributed by atoms with Gasteiger partial charge in [-0.2, -0.15) is 0 Å². The second-order valence-electron chi connectivity index (χ2n) is 7.15. The SMILES string of the molecule is COC(=O)c1ccc(-c2nc(-c3c(O)cccc3[N+](=O)[O-])nc(C3CC=CC=C3O)n2)cc1. The van der Waals surface area contributed by atoms with E-state index in [0.29, 0.717) is 17.5 Å². The van der Waals surface area contributed by atoms with Crippen molar-refractivity contribution in [3.05, 3.63) is 88.0 Å². The first-order valence-corrected chi connectivity index (χ1v) is 9.86. The predicted octanol–water partition coefficient (Wildman–Crippen LogP) is 4.09. The van der Waals surface area contributed by atoms with Gasteiger partial charge >= 0.3 is 5.97 Å². The molecular formula is C23H18N4O6. The van der Waals surface area contributed by atoms with E-state index in [-0.39, 0.29) is 40.2 Å². The Kier molecular flexibility index (Phi) is 5.81. The second-order valence-corrected chi connectivity index (χ2v) is 7.15. The number of rotatable bonds is 5. The van der Waals surface area contributed by atoms with Gasteiger partial charge in [0.15, 0.2) is 11.6 Å². The van der Waals surface area contributed by atoms with Crippen molar-refractivity contribution in [2.45, 2.75) is 12.3 Å². The molecule has 10 nitrogen and oxygen atoms in total. The number of ether oxygens (including phenoxy) is 1. The highest BCUT2D eigenvalue weighted by Crippen LogP contribution is 2.37. The molecule has 0 aliphatic heterocycles. The fraction of sp³-hybridized carbons (Fsp3) is 0.130. The van der Waals surface area contributed by atoms with Crippen LogP contribution in [0.3, 0.4) is 0 Å². The Hall–Kier alpha value is -4.60. The normalized spacial score (nSPS) is 15.1. The second kappa shape index (κ2) is 8.87. The van der Waals surface area contributed by atoms with Gasteiger partial charge in [0.25, 0.3) is 5.69 Å². The van der Waals surface area contributed by atoms with E-state index in [1.165, 1.54) is 43.5 Å². The molecule has 1 atom stereocenters. The largest absolute Gasteiger partial charge is 0.512 e.